The average Bonchev–Trinajstić information content (AvgIpc) is 2.46. The van der Waals surface area contributed by atoms with Crippen LogP contribution in [0.2, 0.25) is 5.02 Å². The molecule has 0 amide bonds. The van der Waals surface area contributed by atoms with Crippen LogP contribution in [0.1, 0.15) is 22.4 Å². The van der Waals surface area contributed by atoms with E-state index in [0.29, 0.717) is 16.8 Å². The third-order valence-corrected chi connectivity index (χ3v) is 3.70. The molecule has 6 heteroatoms. The molecule has 114 valence electrons. The number of benzene rings is 1. The summed E-state index contributed by atoms with van der Waals surface area (Å²) in [5.74, 6) is -0.439. The number of rotatable bonds is 4. The van der Waals surface area contributed by atoms with Crippen LogP contribution >= 0.6 is 11.6 Å². The van der Waals surface area contributed by atoms with Crippen molar-refractivity contribution in [1.82, 2.24) is 4.57 Å². The van der Waals surface area contributed by atoms with Gasteiger partial charge in [0.05, 0.1) is 13.2 Å². The van der Waals surface area contributed by atoms with Gasteiger partial charge in [0.2, 0.25) is 0 Å². The van der Waals surface area contributed by atoms with Crippen LogP contribution < -0.4 is 5.56 Å². The van der Waals surface area contributed by atoms with Crippen LogP contribution in [-0.4, -0.2) is 11.7 Å². The highest BCUT2D eigenvalue weighted by atomic mass is 35.5. The molecule has 0 fully saturated rings. The van der Waals surface area contributed by atoms with E-state index in [4.69, 9.17) is 16.3 Å². The summed E-state index contributed by atoms with van der Waals surface area (Å²) in [6.45, 7) is 2.13. The molecule has 0 radical (unpaired) electrons. The third kappa shape index (κ3) is 3.19. The van der Waals surface area contributed by atoms with Crippen molar-refractivity contribution in [3.8, 4) is 6.07 Å². The van der Waals surface area contributed by atoms with Gasteiger partial charge in [0, 0.05) is 23.4 Å². The average molecular weight is 321 g/mol. The molecule has 1 aromatic carbocycles. The molecule has 0 spiro atoms. The fraction of sp³-hybridized carbons (Fsp3) is 0.250. The normalized spacial score (nSPS) is 10.5. The molecule has 22 heavy (non-hydrogen) atoms. The van der Waals surface area contributed by atoms with Crippen molar-refractivity contribution in [3.05, 3.63) is 67.8 Å². The molecule has 0 bridgehead atoms. The number of nitriles is 1. The van der Waals surface area contributed by atoms with Crippen LogP contribution in [0.4, 0.5) is 4.39 Å². The number of ether oxygens (including phenoxy) is 1. The quantitative estimate of drug-likeness (QED) is 0.870. The minimum absolute atomic E-state index is 0.0469. The third-order valence-electron chi connectivity index (χ3n) is 3.34. The van der Waals surface area contributed by atoms with Crippen LogP contribution in [-0.2, 0) is 17.9 Å². The summed E-state index contributed by atoms with van der Waals surface area (Å²) < 4.78 is 19.5. The first-order valence-electron chi connectivity index (χ1n) is 6.54. The van der Waals surface area contributed by atoms with Gasteiger partial charge >= 0.3 is 0 Å². The van der Waals surface area contributed by atoms with Gasteiger partial charge in [-0.05, 0) is 30.7 Å². The smallest absolute Gasteiger partial charge is 0.269 e. The second-order valence-corrected chi connectivity index (χ2v) is 5.27. The van der Waals surface area contributed by atoms with Crippen molar-refractivity contribution >= 4 is 11.6 Å². The molecule has 0 N–H and O–H groups in total. The van der Waals surface area contributed by atoms with E-state index in [-0.39, 0.29) is 23.7 Å². The van der Waals surface area contributed by atoms with E-state index in [1.54, 1.807) is 13.0 Å². The number of nitrogens with zero attached hydrogens (tertiary/aromatic N) is 2. The molecular formula is C16H14ClFN2O2. The molecular weight excluding hydrogens is 307 g/mol. The summed E-state index contributed by atoms with van der Waals surface area (Å²) in [5, 5.41) is 9.45. The molecule has 0 unspecified atom stereocenters. The predicted octanol–water partition coefficient (Wildman–Crippen LogP) is 3.02. The molecule has 1 heterocycles. The van der Waals surface area contributed by atoms with Gasteiger partial charge in [-0.3, -0.25) is 4.79 Å². The maximum absolute atomic E-state index is 13.1. The minimum Gasteiger partial charge on any atom is -0.380 e. The Morgan fingerprint density at radius 3 is 2.68 bits per heavy atom. The highest BCUT2D eigenvalue weighted by Crippen LogP contribution is 2.19. The zero-order valence-corrected chi connectivity index (χ0v) is 12.9. The Bertz CT molecular complexity index is 809. The van der Waals surface area contributed by atoms with Gasteiger partial charge in [-0.2, -0.15) is 5.26 Å². The summed E-state index contributed by atoms with van der Waals surface area (Å²) in [5.41, 5.74) is 1.47. The molecule has 1 aromatic heterocycles. The second kappa shape index (κ2) is 6.73. The molecule has 2 aromatic rings. The van der Waals surface area contributed by atoms with E-state index in [9.17, 15) is 14.4 Å². The number of hydrogen-bond acceptors (Lipinski definition) is 3. The van der Waals surface area contributed by atoms with Gasteiger partial charge in [-0.1, -0.05) is 17.7 Å². The van der Waals surface area contributed by atoms with Crippen molar-refractivity contribution in [1.29, 1.82) is 5.26 Å². The highest BCUT2D eigenvalue weighted by molar-refractivity contribution is 6.31. The van der Waals surface area contributed by atoms with Crippen LogP contribution in [0.15, 0.2) is 29.1 Å². The predicted molar refractivity (Wildman–Crippen MR) is 81.4 cm³/mol. The van der Waals surface area contributed by atoms with E-state index in [2.05, 4.69) is 0 Å². The van der Waals surface area contributed by atoms with Gasteiger partial charge in [0.15, 0.2) is 0 Å². The van der Waals surface area contributed by atoms with Crippen LogP contribution in [0.3, 0.4) is 0 Å². The molecule has 0 saturated heterocycles. The molecule has 0 aliphatic carbocycles. The monoisotopic (exact) mass is 320 g/mol. The van der Waals surface area contributed by atoms with Gasteiger partial charge in [0.1, 0.15) is 17.4 Å². The van der Waals surface area contributed by atoms with Crippen molar-refractivity contribution in [3.63, 3.8) is 0 Å². The minimum atomic E-state index is -0.439. The highest BCUT2D eigenvalue weighted by Gasteiger charge is 2.14. The fourth-order valence-electron chi connectivity index (χ4n) is 2.24. The Morgan fingerprint density at radius 1 is 1.36 bits per heavy atom. The molecule has 0 atom stereocenters. The number of pyridine rings is 1. The second-order valence-electron chi connectivity index (χ2n) is 4.86. The summed E-state index contributed by atoms with van der Waals surface area (Å²) in [6.07, 6.45) is 0. The first-order valence-corrected chi connectivity index (χ1v) is 6.92. The molecule has 2 rings (SSSR count). The molecule has 0 aliphatic heterocycles. The van der Waals surface area contributed by atoms with E-state index in [0.717, 1.165) is 0 Å². The molecule has 0 aliphatic rings. The maximum Gasteiger partial charge on any atom is 0.269 e. The van der Waals surface area contributed by atoms with Crippen LogP contribution in [0.5, 0.6) is 0 Å². The van der Waals surface area contributed by atoms with E-state index >= 15 is 0 Å². The summed E-state index contributed by atoms with van der Waals surface area (Å²) >= 11 is 6.00. The Labute approximate surface area is 132 Å². The lowest BCUT2D eigenvalue weighted by atomic mass is 10.1. The lowest BCUT2D eigenvalue weighted by molar-refractivity contribution is 0.184. The van der Waals surface area contributed by atoms with E-state index in [1.165, 1.54) is 29.9 Å². The number of aromatic nitrogens is 1. The van der Waals surface area contributed by atoms with Crippen molar-refractivity contribution in [2.45, 2.75) is 20.1 Å². The van der Waals surface area contributed by atoms with Crippen molar-refractivity contribution in [2.75, 3.05) is 7.11 Å². The Hall–Kier alpha value is -2.16. The Morgan fingerprint density at radius 2 is 2.09 bits per heavy atom. The van der Waals surface area contributed by atoms with E-state index < -0.39 is 11.4 Å². The lowest BCUT2D eigenvalue weighted by Gasteiger charge is -2.14. The number of aryl methyl sites for hydroxylation is 1. The molecule has 0 saturated carbocycles. The Kier molecular flexibility index (Phi) is 4.96. The first kappa shape index (κ1) is 16.2. The largest absolute Gasteiger partial charge is 0.380 e. The van der Waals surface area contributed by atoms with Crippen molar-refractivity contribution in [2.24, 2.45) is 0 Å². The summed E-state index contributed by atoms with van der Waals surface area (Å²) in [6, 6.07) is 7.66. The Balaban J connectivity index is 2.52. The SMILES string of the molecule is COCc1cc(C)n(Cc2ccc(F)cc2Cl)c(=O)c1C#N. The molecule has 4 nitrogen and oxygen atoms in total. The van der Waals surface area contributed by atoms with Crippen LogP contribution in [0, 0.1) is 24.1 Å². The first-order chi connectivity index (χ1) is 10.5. The fourth-order valence-corrected chi connectivity index (χ4v) is 2.47. The number of hydrogen-bond donors (Lipinski definition) is 0. The summed E-state index contributed by atoms with van der Waals surface area (Å²) in [4.78, 5) is 12.5. The van der Waals surface area contributed by atoms with Gasteiger partial charge in [-0.25, -0.2) is 4.39 Å². The van der Waals surface area contributed by atoms with Crippen molar-refractivity contribution < 1.29 is 9.13 Å². The van der Waals surface area contributed by atoms with Gasteiger partial charge in [0.25, 0.3) is 5.56 Å². The van der Waals surface area contributed by atoms with Gasteiger partial charge in [-0.15, -0.1) is 0 Å². The van der Waals surface area contributed by atoms with Gasteiger partial charge < -0.3 is 9.30 Å². The number of methoxy groups -OCH3 is 1. The maximum atomic E-state index is 13.1. The standard InChI is InChI=1S/C16H14ClFN2O2/c1-10-5-12(9-22-2)14(7-19)16(21)20(10)8-11-3-4-13(18)6-15(11)17/h3-6H,8-9H2,1-2H3. The lowest BCUT2D eigenvalue weighted by Crippen LogP contribution is -2.27. The topological polar surface area (TPSA) is 55.0 Å². The number of halogens is 2. The zero-order valence-electron chi connectivity index (χ0n) is 12.2. The van der Waals surface area contributed by atoms with Crippen LogP contribution in [0.25, 0.3) is 0 Å². The summed E-state index contributed by atoms with van der Waals surface area (Å²) in [7, 11) is 1.50. The zero-order chi connectivity index (χ0) is 16.3. The van der Waals surface area contributed by atoms with E-state index in [1.807, 2.05) is 6.07 Å².